The van der Waals surface area contributed by atoms with E-state index in [1.54, 1.807) is 36.4 Å². The van der Waals surface area contributed by atoms with Gasteiger partial charge in [0.1, 0.15) is 5.75 Å². The van der Waals surface area contributed by atoms with Crippen LogP contribution in [0, 0.1) is 17.8 Å². The van der Waals surface area contributed by atoms with Crippen LogP contribution in [0.3, 0.4) is 0 Å². The predicted octanol–water partition coefficient (Wildman–Crippen LogP) is 5.87. The quantitative estimate of drug-likeness (QED) is 0.195. The molecule has 1 aliphatic heterocycles. The van der Waals surface area contributed by atoms with Crippen molar-refractivity contribution in [3.63, 3.8) is 0 Å². The zero-order valence-corrected chi connectivity index (χ0v) is 23.1. The molecule has 2 aliphatic carbocycles. The van der Waals surface area contributed by atoms with Crippen LogP contribution in [0.1, 0.15) is 51.1 Å². The molecule has 0 amide bonds. The van der Waals surface area contributed by atoms with Gasteiger partial charge in [-0.1, -0.05) is 66.2 Å². The number of phenols is 1. The van der Waals surface area contributed by atoms with Crippen molar-refractivity contribution >= 4 is 41.9 Å². The Labute approximate surface area is 244 Å². The number of Topliss-reactive ketones (excluding diaryl/α,β-unsaturated/α-hetero) is 2. The van der Waals surface area contributed by atoms with E-state index in [-0.39, 0.29) is 30.2 Å². The molecule has 0 radical (unpaired) electrons. The van der Waals surface area contributed by atoms with Gasteiger partial charge in [0, 0.05) is 23.0 Å². The van der Waals surface area contributed by atoms with Crippen LogP contribution in [-0.4, -0.2) is 46.6 Å². The maximum absolute atomic E-state index is 13.8. The average Bonchev–Trinajstić information content (AvgIpc) is 2.98. The number of halogens is 1. The number of hydrogen-bond donors (Lipinski definition) is 3. The molecule has 0 unspecified atom stereocenters. The van der Waals surface area contributed by atoms with E-state index in [0.29, 0.717) is 35.4 Å². The minimum Gasteiger partial charge on any atom is -0.508 e. The molecule has 3 N–H and O–H groups in total. The van der Waals surface area contributed by atoms with Crippen LogP contribution in [-0.2, 0) is 4.65 Å². The molecule has 4 atom stereocenters. The van der Waals surface area contributed by atoms with E-state index in [4.69, 9.17) is 16.3 Å². The van der Waals surface area contributed by atoms with Gasteiger partial charge in [-0.3, -0.25) is 9.59 Å². The Bertz CT molecular complexity index is 1560. The highest BCUT2D eigenvalue weighted by molar-refractivity contribution is 6.43. The number of carbonyl (C=O) groups excluding carboxylic acids is 2. The number of ketones is 2. The van der Waals surface area contributed by atoms with Gasteiger partial charge in [-0.05, 0) is 83.6 Å². The smallest absolute Gasteiger partial charge is 0.455 e. The zero-order chi connectivity index (χ0) is 28.7. The Morgan fingerprint density at radius 3 is 2.39 bits per heavy atom. The number of aliphatic hydroxyl groups is 1. The summed E-state index contributed by atoms with van der Waals surface area (Å²) in [5, 5.41) is 31.5. The summed E-state index contributed by atoms with van der Waals surface area (Å²) in [6.45, 7) is -0.237. The lowest BCUT2D eigenvalue weighted by Gasteiger charge is -2.47. The molecule has 8 heteroatoms. The molecule has 1 saturated heterocycles. The lowest BCUT2D eigenvalue weighted by Crippen LogP contribution is -2.51. The summed E-state index contributed by atoms with van der Waals surface area (Å²) < 4.78 is 6.08. The molecule has 0 aromatic heterocycles. The summed E-state index contributed by atoms with van der Waals surface area (Å²) in [5.74, 6) is -1.62. The average molecular weight is 569 g/mol. The van der Waals surface area contributed by atoms with Crippen molar-refractivity contribution in [2.45, 2.75) is 31.7 Å². The standard InChI is InChI=1S/C33H30BClO6/c35-28-16-23(37)12-10-21(28)14-20(19-6-2-1-3-7-19)11-13-29-30-22(18-36)15-26-31(27(30)17-34(40)41-29)33(39)25-9-5-4-8-24(25)32(26)38/h1-10,12,14,16,26-27,29,31,36-37,40H,11,13,15,17-18H2/b20-14-/t26-,27+,29-,31-/m1/s1. The van der Waals surface area contributed by atoms with Gasteiger partial charge in [0.2, 0.25) is 0 Å². The van der Waals surface area contributed by atoms with Crippen molar-refractivity contribution in [2.75, 3.05) is 6.61 Å². The summed E-state index contributed by atoms with van der Waals surface area (Å²) in [6.07, 6.45) is 2.98. The molecular formula is C33H30BClO6. The van der Waals surface area contributed by atoms with Gasteiger partial charge >= 0.3 is 7.12 Å². The second-order valence-electron chi connectivity index (χ2n) is 11.0. The summed E-state index contributed by atoms with van der Waals surface area (Å²) in [4.78, 5) is 27.3. The number of allylic oxidation sites excluding steroid dienone is 1. The van der Waals surface area contributed by atoms with Crippen molar-refractivity contribution in [3.8, 4) is 5.75 Å². The maximum Gasteiger partial charge on any atom is 0.455 e. The summed E-state index contributed by atoms with van der Waals surface area (Å²) >= 11 is 6.43. The monoisotopic (exact) mass is 568 g/mol. The van der Waals surface area contributed by atoms with Crippen molar-refractivity contribution in [1.82, 2.24) is 0 Å². The molecular weight excluding hydrogens is 539 g/mol. The Hall–Kier alpha value is -3.49. The topological polar surface area (TPSA) is 104 Å². The lowest BCUT2D eigenvalue weighted by atomic mass is 9.54. The number of aromatic hydroxyl groups is 1. The molecule has 0 bridgehead atoms. The van der Waals surface area contributed by atoms with Crippen LogP contribution in [0.5, 0.6) is 5.75 Å². The van der Waals surface area contributed by atoms with E-state index in [1.807, 2.05) is 36.4 Å². The van der Waals surface area contributed by atoms with Crippen LogP contribution in [0.4, 0.5) is 0 Å². The van der Waals surface area contributed by atoms with Crippen LogP contribution in [0.25, 0.3) is 11.6 Å². The van der Waals surface area contributed by atoms with Gasteiger partial charge in [-0.15, -0.1) is 0 Å². The van der Waals surface area contributed by atoms with Crippen LogP contribution >= 0.6 is 11.6 Å². The van der Waals surface area contributed by atoms with Gasteiger partial charge in [0.15, 0.2) is 11.6 Å². The summed E-state index contributed by atoms with van der Waals surface area (Å²) in [5.41, 5.74) is 5.17. The van der Waals surface area contributed by atoms with Crippen LogP contribution in [0.15, 0.2) is 83.9 Å². The highest BCUT2D eigenvalue weighted by atomic mass is 35.5. The van der Waals surface area contributed by atoms with E-state index in [0.717, 1.165) is 27.8 Å². The van der Waals surface area contributed by atoms with Crippen LogP contribution in [0.2, 0.25) is 11.3 Å². The number of fused-ring (bicyclic) bond motifs is 4. The number of benzene rings is 3. The Morgan fingerprint density at radius 1 is 0.976 bits per heavy atom. The minimum absolute atomic E-state index is 0.0761. The molecule has 0 saturated carbocycles. The first kappa shape index (κ1) is 27.7. The third-order valence-electron chi connectivity index (χ3n) is 8.69. The zero-order valence-electron chi connectivity index (χ0n) is 22.4. The molecule has 3 aromatic carbocycles. The van der Waals surface area contributed by atoms with Crippen LogP contribution < -0.4 is 0 Å². The normalized spacial score (nSPS) is 24.2. The molecule has 6 rings (SSSR count). The minimum atomic E-state index is -1.09. The Kier molecular flexibility index (Phi) is 7.71. The molecule has 41 heavy (non-hydrogen) atoms. The maximum atomic E-state index is 13.8. The van der Waals surface area contributed by atoms with Gasteiger partial charge < -0.3 is 19.9 Å². The van der Waals surface area contributed by atoms with Gasteiger partial charge in [-0.2, -0.15) is 0 Å². The molecule has 1 heterocycles. The fourth-order valence-corrected chi connectivity index (χ4v) is 7.10. The highest BCUT2D eigenvalue weighted by Gasteiger charge is 2.53. The summed E-state index contributed by atoms with van der Waals surface area (Å²) in [6, 6.07) is 21.6. The van der Waals surface area contributed by atoms with E-state index >= 15 is 0 Å². The second-order valence-corrected chi connectivity index (χ2v) is 11.4. The number of carbonyl (C=O) groups is 2. The number of rotatable bonds is 6. The van der Waals surface area contributed by atoms with Crippen molar-refractivity contribution in [1.29, 1.82) is 0 Å². The van der Waals surface area contributed by atoms with Gasteiger partial charge in [-0.25, -0.2) is 0 Å². The molecule has 208 valence electrons. The van der Waals surface area contributed by atoms with Gasteiger partial charge in [0.05, 0.1) is 17.7 Å². The third kappa shape index (κ3) is 5.19. The SMILES string of the molecule is O=C1c2ccccc2C(=O)[C@@H]2CC(CO)=C3[C@@H](CC/C(=C/c4ccc(O)cc4Cl)c4ccccc4)OB(O)C[C@@H]3[C@H]12. The molecule has 1 fully saturated rings. The number of hydrogen-bond acceptors (Lipinski definition) is 6. The number of aliphatic hydroxyl groups excluding tert-OH is 1. The molecule has 3 aliphatic rings. The first-order valence-electron chi connectivity index (χ1n) is 13.9. The van der Waals surface area contributed by atoms with E-state index in [1.165, 1.54) is 6.07 Å². The lowest BCUT2D eigenvalue weighted by molar-refractivity contribution is 0.0591. The first-order chi connectivity index (χ1) is 19.9. The Morgan fingerprint density at radius 2 is 1.68 bits per heavy atom. The van der Waals surface area contributed by atoms with Crippen molar-refractivity contribution < 1.29 is 29.5 Å². The Balaban J connectivity index is 1.35. The van der Waals surface area contributed by atoms with E-state index in [2.05, 4.69) is 0 Å². The van der Waals surface area contributed by atoms with E-state index < -0.39 is 31.0 Å². The third-order valence-corrected chi connectivity index (χ3v) is 9.01. The highest BCUT2D eigenvalue weighted by Crippen LogP contribution is 2.51. The van der Waals surface area contributed by atoms with E-state index in [9.17, 15) is 24.8 Å². The molecule has 3 aromatic rings. The fourth-order valence-electron chi connectivity index (χ4n) is 6.87. The largest absolute Gasteiger partial charge is 0.508 e. The molecule has 6 nitrogen and oxygen atoms in total. The van der Waals surface area contributed by atoms with Gasteiger partial charge in [0.25, 0.3) is 0 Å². The van der Waals surface area contributed by atoms with Crippen molar-refractivity contribution in [2.24, 2.45) is 17.8 Å². The summed E-state index contributed by atoms with van der Waals surface area (Å²) in [7, 11) is -1.09. The fraction of sp³-hybridized carbons (Fsp3) is 0.273. The molecule has 0 spiro atoms. The first-order valence-corrected chi connectivity index (χ1v) is 14.3. The second kappa shape index (κ2) is 11.4. The predicted molar refractivity (Wildman–Crippen MR) is 159 cm³/mol. The number of phenolic OH excluding ortho intramolecular Hbond substituents is 1. The van der Waals surface area contributed by atoms with Crippen molar-refractivity contribution in [3.05, 3.63) is 111 Å².